The first-order valence-corrected chi connectivity index (χ1v) is 11.1. The molecular weight excluding hydrogens is 413 g/mol. The number of fused-ring (bicyclic) bond motifs is 1. The Morgan fingerprint density at radius 1 is 1.23 bits per heavy atom. The maximum atomic E-state index is 12.8. The van der Waals surface area contributed by atoms with E-state index in [9.17, 15) is 4.21 Å². The monoisotopic (exact) mass is 435 g/mol. The first kappa shape index (κ1) is 21.9. The fourth-order valence-corrected chi connectivity index (χ4v) is 4.66. The van der Waals surface area contributed by atoms with Gasteiger partial charge in [0.2, 0.25) is 0 Å². The van der Waals surface area contributed by atoms with Crippen LogP contribution in [-0.2, 0) is 26.0 Å². The summed E-state index contributed by atoms with van der Waals surface area (Å²) in [5, 5.41) is 0.332. The van der Waals surface area contributed by atoms with Crippen molar-refractivity contribution >= 4 is 21.8 Å². The number of hydrogen-bond acceptors (Lipinski definition) is 6. The number of imidazole rings is 1. The molecule has 1 aliphatic carbocycles. The van der Waals surface area contributed by atoms with E-state index in [1.165, 1.54) is 0 Å². The number of ether oxygens (including phenoxy) is 3. The molecule has 152 valence electrons. The normalized spacial score (nSPS) is 19.2. The van der Waals surface area contributed by atoms with Crippen LogP contribution in [0.3, 0.4) is 0 Å². The van der Waals surface area contributed by atoms with Gasteiger partial charge in [-0.2, -0.15) is 0 Å². The minimum Gasteiger partial charge on any atom is -0.485 e. The number of pyridine rings is 1. The van der Waals surface area contributed by atoms with Gasteiger partial charge in [0.1, 0.15) is 11.9 Å². The standard InChI is InChI=1S/C21H22N3O4S.Na/c1-14-18(13-29(25)20-23-16-5-2-3-6-17(16)24-20)22-10-7-19(14)28-15-11-26-21(27-12-15)8-4-9-21;/h2-3,5-7,10,15H,4,8-9,11-13H2,1H3;/q-1;+1. The molecule has 7 nitrogen and oxygen atoms in total. The molecule has 0 bridgehead atoms. The number of para-hydroxylation sites is 2. The third kappa shape index (κ3) is 4.35. The maximum absolute atomic E-state index is 12.8. The molecule has 1 atom stereocenters. The molecular formula is C21H22N3NaO4S. The Balaban J connectivity index is 0.00000218. The van der Waals surface area contributed by atoms with Crippen LogP contribution < -0.4 is 39.3 Å². The van der Waals surface area contributed by atoms with Gasteiger partial charge in [-0.25, -0.2) is 0 Å². The van der Waals surface area contributed by atoms with Gasteiger partial charge < -0.3 is 24.2 Å². The average Bonchev–Trinajstić information content (AvgIpc) is 3.15. The Hall–Kier alpha value is -1.29. The van der Waals surface area contributed by atoms with E-state index in [0.29, 0.717) is 29.8 Å². The van der Waals surface area contributed by atoms with Crippen molar-refractivity contribution in [2.75, 3.05) is 13.2 Å². The summed E-state index contributed by atoms with van der Waals surface area (Å²) in [6.07, 6.45) is 4.59. The Kier molecular flexibility index (Phi) is 6.62. The third-order valence-electron chi connectivity index (χ3n) is 5.52. The van der Waals surface area contributed by atoms with Crippen molar-refractivity contribution in [2.24, 2.45) is 0 Å². The molecule has 1 saturated carbocycles. The van der Waals surface area contributed by atoms with Gasteiger partial charge in [0.05, 0.1) is 35.5 Å². The molecule has 1 aliphatic heterocycles. The van der Waals surface area contributed by atoms with Crippen LogP contribution in [0.2, 0.25) is 0 Å². The minimum absolute atomic E-state index is 0. The van der Waals surface area contributed by atoms with E-state index in [4.69, 9.17) is 14.2 Å². The molecule has 3 aromatic rings. The quantitative estimate of drug-likeness (QED) is 0.517. The summed E-state index contributed by atoms with van der Waals surface area (Å²) in [5.41, 5.74) is 3.07. The van der Waals surface area contributed by atoms with E-state index in [1.54, 1.807) is 6.20 Å². The molecule has 5 rings (SSSR count). The Bertz CT molecular complexity index is 1030. The maximum Gasteiger partial charge on any atom is 1.00 e. The van der Waals surface area contributed by atoms with E-state index in [1.807, 2.05) is 37.3 Å². The molecule has 1 aromatic carbocycles. The largest absolute Gasteiger partial charge is 1.00 e. The molecule has 2 fully saturated rings. The fourth-order valence-electron chi connectivity index (χ4n) is 3.59. The zero-order chi connectivity index (χ0) is 19.8. The van der Waals surface area contributed by atoms with Gasteiger partial charge in [0.15, 0.2) is 5.79 Å². The van der Waals surface area contributed by atoms with Crippen molar-refractivity contribution < 1.29 is 48.0 Å². The van der Waals surface area contributed by atoms with Crippen LogP contribution in [0, 0.1) is 6.92 Å². The summed E-state index contributed by atoms with van der Waals surface area (Å²) in [4.78, 5) is 13.2. The number of benzene rings is 1. The van der Waals surface area contributed by atoms with Gasteiger partial charge in [0, 0.05) is 29.8 Å². The summed E-state index contributed by atoms with van der Waals surface area (Å²) < 4.78 is 30.7. The van der Waals surface area contributed by atoms with Gasteiger partial charge in [-0.1, -0.05) is 24.3 Å². The van der Waals surface area contributed by atoms with Crippen LogP contribution in [0.25, 0.3) is 11.0 Å². The molecule has 1 spiro atoms. The van der Waals surface area contributed by atoms with Crippen LogP contribution in [0.15, 0.2) is 41.7 Å². The molecule has 0 amide bonds. The second-order valence-electron chi connectivity index (χ2n) is 7.49. The summed E-state index contributed by atoms with van der Waals surface area (Å²) in [5.74, 6) is 0.584. The number of hydrogen-bond donors (Lipinski definition) is 0. The third-order valence-corrected chi connectivity index (χ3v) is 6.64. The summed E-state index contributed by atoms with van der Waals surface area (Å²) in [6, 6.07) is 9.33. The first-order chi connectivity index (χ1) is 14.1. The Labute approximate surface area is 199 Å². The van der Waals surface area contributed by atoms with E-state index in [2.05, 4.69) is 15.0 Å². The zero-order valence-corrected chi connectivity index (χ0v) is 20.0. The van der Waals surface area contributed by atoms with E-state index in [0.717, 1.165) is 35.9 Å². The van der Waals surface area contributed by atoms with Gasteiger partial charge in [-0.15, -0.1) is 0 Å². The topological polar surface area (TPSA) is 84.6 Å². The van der Waals surface area contributed by atoms with Crippen LogP contribution in [0.4, 0.5) is 0 Å². The van der Waals surface area contributed by atoms with E-state index >= 15 is 0 Å². The van der Waals surface area contributed by atoms with Crippen LogP contribution >= 0.6 is 0 Å². The molecule has 3 heterocycles. The predicted octanol–water partition coefficient (Wildman–Crippen LogP) is -0.118. The summed E-state index contributed by atoms with van der Waals surface area (Å²) in [7, 11) is -1.39. The first-order valence-electron chi connectivity index (χ1n) is 9.79. The average molecular weight is 435 g/mol. The van der Waals surface area contributed by atoms with Crippen LogP contribution in [-0.4, -0.2) is 39.3 Å². The summed E-state index contributed by atoms with van der Waals surface area (Å²) >= 11 is 0. The van der Waals surface area contributed by atoms with Crippen molar-refractivity contribution in [3.8, 4) is 5.75 Å². The number of nitrogens with zero attached hydrogens (tertiary/aromatic N) is 3. The second-order valence-corrected chi connectivity index (χ2v) is 8.84. The van der Waals surface area contributed by atoms with Crippen molar-refractivity contribution in [3.63, 3.8) is 0 Å². The molecule has 2 aliphatic rings. The number of aromatic nitrogens is 3. The fraction of sp³-hybridized carbons (Fsp3) is 0.429. The van der Waals surface area contributed by atoms with Crippen molar-refractivity contribution in [3.05, 3.63) is 47.8 Å². The van der Waals surface area contributed by atoms with Crippen molar-refractivity contribution in [2.45, 2.75) is 49.0 Å². The Morgan fingerprint density at radius 3 is 2.70 bits per heavy atom. The summed E-state index contributed by atoms with van der Waals surface area (Å²) in [6.45, 7) is 2.95. The molecule has 0 N–H and O–H groups in total. The molecule has 9 heteroatoms. The molecule has 1 unspecified atom stereocenters. The smallest absolute Gasteiger partial charge is 0.485 e. The minimum atomic E-state index is -1.39. The molecule has 30 heavy (non-hydrogen) atoms. The van der Waals surface area contributed by atoms with Crippen molar-refractivity contribution in [1.29, 1.82) is 0 Å². The van der Waals surface area contributed by atoms with E-state index in [-0.39, 0.29) is 47.2 Å². The van der Waals surface area contributed by atoms with E-state index < -0.39 is 10.8 Å². The van der Waals surface area contributed by atoms with Gasteiger partial charge in [-0.05, 0) is 30.4 Å². The van der Waals surface area contributed by atoms with Gasteiger partial charge >= 0.3 is 29.6 Å². The molecule has 2 aromatic heterocycles. The van der Waals surface area contributed by atoms with Crippen molar-refractivity contribution in [1.82, 2.24) is 15.0 Å². The zero-order valence-electron chi connectivity index (χ0n) is 17.2. The predicted molar refractivity (Wildman–Crippen MR) is 107 cm³/mol. The van der Waals surface area contributed by atoms with Gasteiger partial charge in [0.25, 0.3) is 0 Å². The Morgan fingerprint density at radius 2 is 2.00 bits per heavy atom. The van der Waals surface area contributed by atoms with Crippen LogP contribution in [0.5, 0.6) is 5.75 Å². The molecule has 0 radical (unpaired) electrons. The number of rotatable bonds is 5. The van der Waals surface area contributed by atoms with Crippen LogP contribution in [0.1, 0.15) is 30.5 Å². The van der Waals surface area contributed by atoms with Gasteiger partial charge in [-0.3, -0.25) is 9.19 Å². The SMILES string of the molecule is Cc1c(OC2COC3(CCC3)OC2)ccnc1CS(=O)c1nc2ccccc2[n-]1.[Na+]. The second kappa shape index (κ2) is 9.06. The molecule has 1 saturated heterocycles.